The van der Waals surface area contributed by atoms with Gasteiger partial charge in [-0.15, -0.1) is 10.2 Å². The van der Waals surface area contributed by atoms with E-state index in [1.165, 1.54) is 21.5 Å². The lowest BCUT2D eigenvalue weighted by Crippen LogP contribution is -1.96. The first-order valence-electron chi connectivity index (χ1n) is 10.6. The highest BCUT2D eigenvalue weighted by Crippen LogP contribution is 2.39. The molecule has 0 aliphatic carbocycles. The Hall–Kier alpha value is -4.51. The monoisotopic (exact) mass is 411 g/mol. The Balaban J connectivity index is 1.55. The summed E-state index contributed by atoms with van der Waals surface area (Å²) in [7, 11) is 0. The molecular weight excluding hydrogens is 394 g/mol. The Labute approximate surface area is 182 Å². The van der Waals surface area contributed by atoms with Gasteiger partial charge in [-0.05, 0) is 17.3 Å². The number of fused-ring (bicyclic) bond motifs is 6. The summed E-state index contributed by atoms with van der Waals surface area (Å²) in [6, 6.07) is 29.4. The zero-order chi connectivity index (χ0) is 21.1. The van der Waals surface area contributed by atoms with Gasteiger partial charge in [0.1, 0.15) is 5.69 Å². The molecule has 0 radical (unpaired) electrons. The third-order valence-corrected chi connectivity index (χ3v) is 6.27. The number of benzene rings is 4. The minimum atomic E-state index is 0.809. The molecule has 0 unspecified atom stereocenters. The number of hydrogen-bond acceptors (Lipinski definition) is 3. The quantitative estimate of drug-likeness (QED) is 0.342. The summed E-state index contributed by atoms with van der Waals surface area (Å²) < 4.78 is 0. The lowest BCUT2D eigenvalue weighted by molar-refractivity contribution is 0.873. The van der Waals surface area contributed by atoms with Gasteiger partial charge in [0, 0.05) is 49.3 Å². The van der Waals surface area contributed by atoms with Crippen LogP contribution in [-0.4, -0.2) is 25.4 Å². The van der Waals surface area contributed by atoms with E-state index in [9.17, 15) is 0 Å². The van der Waals surface area contributed by atoms with E-state index in [0.717, 1.165) is 44.5 Å². The smallest absolute Gasteiger partial charge is 0.106 e. The van der Waals surface area contributed by atoms with E-state index >= 15 is 0 Å². The van der Waals surface area contributed by atoms with Crippen molar-refractivity contribution in [2.75, 3.05) is 0 Å². The van der Waals surface area contributed by atoms with E-state index in [2.05, 4.69) is 104 Å². The van der Waals surface area contributed by atoms with Crippen LogP contribution >= 0.6 is 0 Å². The first-order chi connectivity index (χ1) is 15.9. The van der Waals surface area contributed by atoms with Gasteiger partial charge in [-0.2, -0.15) is 0 Å². The van der Waals surface area contributed by atoms with Crippen molar-refractivity contribution in [1.29, 1.82) is 0 Å². The SMILES string of the molecule is c1ccc2c(c1)[nH]c1c(-c3cnnnc3-c3cccc4c3[nH]c3ccccc34)cccc12. The number of hydrogen-bond donors (Lipinski definition) is 2. The van der Waals surface area contributed by atoms with Crippen LogP contribution < -0.4 is 0 Å². The van der Waals surface area contributed by atoms with Gasteiger partial charge in [0.2, 0.25) is 0 Å². The molecule has 0 saturated carbocycles. The average molecular weight is 411 g/mol. The molecule has 7 rings (SSSR count). The number of H-pyrrole nitrogens is 2. The second-order valence-corrected chi connectivity index (χ2v) is 7.99. The molecule has 0 atom stereocenters. The van der Waals surface area contributed by atoms with Crippen molar-refractivity contribution in [1.82, 2.24) is 25.4 Å². The molecular formula is C27H17N5. The van der Waals surface area contributed by atoms with Crippen LogP contribution in [0.5, 0.6) is 0 Å². The summed E-state index contributed by atoms with van der Waals surface area (Å²) in [4.78, 5) is 7.19. The Morgan fingerprint density at radius 3 is 1.75 bits per heavy atom. The summed E-state index contributed by atoms with van der Waals surface area (Å²) in [5.74, 6) is 0. The summed E-state index contributed by atoms with van der Waals surface area (Å²) in [6.07, 6.45) is 1.81. The maximum absolute atomic E-state index is 4.51. The van der Waals surface area contributed by atoms with Crippen LogP contribution in [0.1, 0.15) is 0 Å². The van der Waals surface area contributed by atoms with Crippen molar-refractivity contribution < 1.29 is 0 Å². The molecule has 32 heavy (non-hydrogen) atoms. The molecule has 0 saturated heterocycles. The summed E-state index contributed by atoms with van der Waals surface area (Å²) in [6.45, 7) is 0. The lowest BCUT2D eigenvalue weighted by Gasteiger charge is -2.09. The fourth-order valence-electron chi connectivity index (χ4n) is 4.83. The zero-order valence-electron chi connectivity index (χ0n) is 17.0. The lowest BCUT2D eigenvalue weighted by atomic mass is 9.97. The highest BCUT2D eigenvalue weighted by molar-refractivity contribution is 6.15. The molecule has 0 spiro atoms. The van der Waals surface area contributed by atoms with E-state index in [4.69, 9.17) is 0 Å². The predicted octanol–water partition coefficient (Wildman–Crippen LogP) is 6.47. The molecule has 3 aromatic heterocycles. The average Bonchev–Trinajstić information content (AvgIpc) is 3.42. The predicted molar refractivity (Wildman–Crippen MR) is 129 cm³/mol. The summed E-state index contributed by atoms with van der Waals surface area (Å²) >= 11 is 0. The largest absolute Gasteiger partial charge is 0.354 e. The van der Waals surface area contributed by atoms with Gasteiger partial charge in [-0.25, -0.2) is 0 Å². The molecule has 0 amide bonds. The van der Waals surface area contributed by atoms with E-state index in [1.54, 1.807) is 0 Å². The molecule has 3 heterocycles. The minimum absolute atomic E-state index is 0.809. The third-order valence-electron chi connectivity index (χ3n) is 6.27. The summed E-state index contributed by atoms with van der Waals surface area (Å²) in [5.41, 5.74) is 8.18. The molecule has 0 bridgehead atoms. The highest BCUT2D eigenvalue weighted by Gasteiger charge is 2.18. The van der Waals surface area contributed by atoms with Gasteiger partial charge in [0.25, 0.3) is 0 Å². The molecule has 0 aliphatic rings. The molecule has 4 aromatic carbocycles. The van der Waals surface area contributed by atoms with Crippen LogP contribution in [-0.2, 0) is 0 Å². The van der Waals surface area contributed by atoms with Crippen LogP contribution in [0.4, 0.5) is 0 Å². The van der Waals surface area contributed by atoms with Gasteiger partial charge in [0.15, 0.2) is 0 Å². The molecule has 0 fully saturated rings. The van der Waals surface area contributed by atoms with Crippen LogP contribution in [0.25, 0.3) is 66.0 Å². The second-order valence-electron chi connectivity index (χ2n) is 7.99. The van der Waals surface area contributed by atoms with Crippen LogP contribution in [0.15, 0.2) is 91.1 Å². The molecule has 0 aliphatic heterocycles. The van der Waals surface area contributed by atoms with Crippen molar-refractivity contribution in [3.63, 3.8) is 0 Å². The van der Waals surface area contributed by atoms with Crippen LogP contribution in [0.2, 0.25) is 0 Å². The first-order valence-corrected chi connectivity index (χ1v) is 10.6. The van der Waals surface area contributed by atoms with Crippen molar-refractivity contribution in [3.05, 3.63) is 91.1 Å². The standard InChI is InChI=1S/C27H17N5/c1-3-13-23-16(7-1)18-9-5-11-20(25(18)29-23)22-15-28-32-31-27(22)21-12-6-10-19-17-8-2-4-14-24(17)30-26(19)21/h1-15,29-30H. The Kier molecular flexibility index (Phi) is 3.49. The van der Waals surface area contributed by atoms with Crippen LogP contribution in [0, 0.1) is 0 Å². The number of aromatic amines is 2. The topological polar surface area (TPSA) is 70.2 Å². The molecule has 5 nitrogen and oxygen atoms in total. The van der Waals surface area contributed by atoms with Gasteiger partial charge in [-0.1, -0.05) is 72.8 Å². The van der Waals surface area contributed by atoms with E-state index in [1.807, 2.05) is 12.3 Å². The van der Waals surface area contributed by atoms with Crippen molar-refractivity contribution in [2.45, 2.75) is 0 Å². The van der Waals surface area contributed by atoms with Crippen molar-refractivity contribution in [3.8, 4) is 22.4 Å². The molecule has 150 valence electrons. The Bertz CT molecular complexity index is 1660. The fraction of sp³-hybridized carbons (Fsp3) is 0. The number of nitrogens with one attached hydrogen (secondary N) is 2. The normalized spacial score (nSPS) is 11.8. The maximum atomic E-state index is 4.51. The number of aromatic nitrogens is 5. The molecule has 5 heteroatoms. The number of nitrogens with zero attached hydrogens (tertiary/aromatic N) is 3. The van der Waals surface area contributed by atoms with Crippen molar-refractivity contribution >= 4 is 43.6 Å². The summed E-state index contributed by atoms with van der Waals surface area (Å²) in [5, 5.41) is 17.4. The van der Waals surface area contributed by atoms with E-state index in [0.29, 0.717) is 0 Å². The third kappa shape index (κ3) is 2.36. The minimum Gasteiger partial charge on any atom is -0.354 e. The number of rotatable bonds is 2. The van der Waals surface area contributed by atoms with Crippen molar-refractivity contribution in [2.24, 2.45) is 0 Å². The first kappa shape index (κ1) is 17.2. The fourth-order valence-corrected chi connectivity index (χ4v) is 4.83. The van der Waals surface area contributed by atoms with Gasteiger partial charge in [0.05, 0.1) is 17.2 Å². The molecule has 2 N–H and O–H groups in total. The van der Waals surface area contributed by atoms with Crippen LogP contribution in [0.3, 0.4) is 0 Å². The van der Waals surface area contributed by atoms with Gasteiger partial charge >= 0.3 is 0 Å². The van der Waals surface area contributed by atoms with Gasteiger partial charge < -0.3 is 9.97 Å². The second kappa shape index (κ2) is 6.49. The zero-order valence-corrected chi connectivity index (χ0v) is 17.0. The maximum Gasteiger partial charge on any atom is 0.106 e. The number of para-hydroxylation sites is 4. The Morgan fingerprint density at radius 1 is 0.500 bits per heavy atom. The van der Waals surface area contributed by atoms with Gasteiger partial charge in [-0.3, -0.25) is 0 Å². The Morgan fingerprint density at radius 2 is 1.06 bits per heavy atom. The van der Waals surface area contributed by atoms with E-state index in [-0.39, 0.29) is 0 Å². The molecule has 7 aromatic rings. The van der Waals surface area contributed by atoms with E-state index < -0.39 is 0 Å². The highest BCUT2D eigenvalue weighted by atomic mass is 15.3.